The van der Waals surface area contributed by atoms with Crippen LogP contribution in [0.25, 0.3) is 0 Å². The van der Waals surface area contributed by atoms with Gasteiger partial charge >= 0.3 is 148 Å². The van der Waals surface area contributed by atoms with Crippen LogP contribution < -0.4 is 0 Å². The molecule has 2 rings (SSSR count). The van der Waals surface area contributed by atoms with Crippen molar-refractivity contribution in [2.24, 2.45) is 0 Å². The summed E-state index contributed by atoms with van der Waals surface area (Å²) < 4.78 is 5.73. The molecule has 0 spiro atoms. The Labute approximate surface area is 148 Å². The van der Waals surface area contributed by atoms with Crippen molar-refractivity contribution in [3.8, 4) is 0 Å². The summed E-state index contributed by atoms with van der Waals surface area (Å²) >= 11 is -2.64. The molecule has 0 radical (unpaired) electrons. The van der Waals surface area contributed by atoms with Crippen LogP contribution in [0.5, 0.6) is 0 Å². The quantitative estimate of drug-likeness (QED) is 0.619. The molecule has 23 heavy (non-hydrogen) atoms. The standard InChI is InChI=1S/2C6H8N.C6H13O2.Hf/c2*1-5-3-4-6(2)7-5;1-5(7)4-6(2,3)8;/h2*3-4H,1-2H3;5,7-8H,2,4H2,1,3H3;/q2*-1;;+2. The minimum absolute atomic E-state index is 0.417. The van der Waals surface area contributed by atoms with Crippen LogP contribution in [-0.4, -0.2) is 27.0 Å². The zero-order chi connectivity index (χ0) is 17.4. The van der Waals surface area contributed by atoms with Crippen LogP contribution in [0.2, 0.25) is 4.18 Å². The first-order chi connectivity index (χ1) is 10.6. The summed E-state index contributed by atoms with van der Waals surface area (Å²) in [5, 5.41) is 20.6. The SMILES string of the molecule is Cc1ccc(C)[n]1[Hf]([CH2]C(C)(O)CC(C)O)[n]1c(C)ccc1C. The summed E-state index contributed by atoms with van der Waals surface area (Å²) in [6.07, 6.45) is -0.0731. The van der Waals surface area contributed by atoms with Gasteiger partial charge in [0.05, 0.1) is 0 Å². The van der Waals surface area contributed by atoms with Crippen LogP contribution in [0, 0.1) is 27.7 Å². The van der Waals surface area contributed by atoms with Crippen LogP contribution in [0.1, 0.15) is 43.0 Å². The maximum atomic E-state index is 10.9. The number of hydrogen-bond acceptors (Lipinski definition) is 2. The van der Waals surface area contributed by atoms with Gasteiger partial charge in [0, 0.05) is 0 Å². The number of aliphatic hydroxyl groups excluding tert-OH is 1. The first kappa shape index (κ1) is 18.7. The van der Waals surface area contributed by atoms with E-state index in [9.17, 15) is 10.2 Å². The van der Waals surface area contributed by atoms with Crippen molar-refractivity contribution in [2.45, 2.75) is 63.8 Å². The number of aryl methyl sites for hydroxylation is 4. The minimum atomic E-state index is -2.64. The molecule has 0 aromatic carbocycles. The Bertz CT molecular complexity index is 585. The molecule has 0 aliphatic heterocycles. The van der Waals surface area contributed by atoms with E-state index in [1.54, 1.807) is 6.92 Å². The van der Waals surface area contributed by atoms with E-state index in [1.165, 1.54) is 22.8 Å². The second kappa shape index (κ2) is 7.08. The van der Waals surface area contributed by atoms with Crippen molar-refractivity contribution >= 4 is 0 Å². The number of nitrogens with zero attached hydrogens (tertiary/aromatic N) is 2. The molecule has 0 amide bonds. The van der Waals surface area contributed by atoms with E-state index in [0.29, 0.717) is 6.42 Å². The van der Waals surface area contributed by atoms with Crippen LogP contribution in [0.15, 0.2) is 24.3 Å². The summed E-state index contributed by atoms with van der Waals surface area (Å²) in [5.41, 5.74) is 4.23. The monoisotopic (exact) mass is 485 g/mol. The average Bonchev–Trinajstić information content (AvgIpc) is 2.89. The van der Waals surface area contributed by atoms with Crippen LogP contribution in [-0.2, 0) is 22.0 Å². The molecule has 4 nitrogen and oxygen atoms in total. The summed E-state index contributed by atoms with van der Waals surface area (Å²) in [6, 6.07) is 8.66. The molecule has 127 valence electrons. The number of rotatable bonds is 6. The zero-order valence-corrected chi connectivity index (χ0v) is 18.7. The van der Waals surface area contributed by atoms with Crippen molar-refractivity contribution in [3.63, 3.8) is 0 Å². The van der Waals surface area contributed by atoms with Gasteiger partial charge in [-0.05, 0) is 0 Å². The number of aliphatic hydroxyl groups is 2. The first-order valence-corrected chi connectivity index (χ1v) is 13.9. The molecule has 0 aliphatic rings. The fraction of sp³-hybridized carbons (Fsp3) is 0.556. The zero-order valence-electron chi connectivity index (χ0n) is 15.1. The Morgan fingerprint density at radius 1 is 0.957 bits per heavy atom. The van der Waals surface area contributed by atoms with E-state index >= 15 is 0 Å². The molecule has 0 saturated heterocycles. The summed E-state index contributed by atoms with van der Waals surface area (Å²) in [5.74, 6) is 0. The molecular weight excluding hydrogens is 455 g/mol. The Morgan fingerprint density at radius 2 is 1.30 bits per heavy atom. The van der Waals surface area contributed by atoms with Gasteiger partial charge in [-0.1, -0.05) is 0 Å². The first-order valence-electron chi connectivity index (χ1n) is 8.19. The number of hydrogen-bond donors (Lipinski definition) is 2. The van der Waals surface area contributed by atoms with Crippen molar-refractivity contribution in [1.82, 2.24) is 5.11 Å². The van der Waals surface area contributed by atoms with Gasteiger partial charge in [0.25, 0.3) is 0 Å². The summed E-state index contributed by atoms with van der Waals surface area (Å²) in [4.78, 5) is 0. The van der Waals surface area contributed by atoms with Gasteiger partial charge in [-0.25, -0.2) is 0 Å². The molecule has 0 saturated carbocycles. The van der Waals surface area contributed by atoms with Gasteiger partial charge in [-0.3, -0.25) is 0 Å². The summed E-state index contributed by atoms with van der Waals surface area (Å²) in [6.45, 7) is 12.2. The third-order valence-electron chi connectivity index (χ3n) is 4.33. The van der Waals surface area contributed by atoms with E-state index in [0.717, 1.165) is 4.18 Å². The normalized spacial score (nSPS) is 15.5. The molecule has 2 aromatic heterocycles. The Morgan fingerprint density at radius 3 is 1.61 bits per heavy atom. The molecular formula is C18H29HfN2O2. The van der Waals surface area contributed by atoms with Crippen molar-refractivity contribution in [1.29, 1.82) is 0 Å². The van der Waals surface area contributed by atoms with Crippen molar-refractivity contribution in [3.05, 3.63) is 47.0 Å². The molecule has 2 unspecified atom stereocenters. The predicted octanol–water partition coefficient (Wildman–Crippen LogP) is 3.31. The van der Waals surface area contributed by atoms with Crippen LogP contribution >= 0.6 is 0 Å². The van der Waals surface area contributed by atoms with Crippen molar-refractivity contribution in [2.75, 3.05) is 0 Å². The number of aromatic nitrogens is 2. The fourth-order valence-corrected chi connectivity index (χ4v) is 15.2. The third-order valence-corrected chi connectivity index (χ3v) is 17.0. The van der Waals surface area contributed by atoms with E-state index in [2.05, 4.69) is 57.1 Å². The predicted molar refractivity (Wildman–Crippen MR) is 90.3 cm³/mol. The molecule has 2 aromatic rings. The van der Waals surface area contributed by atoms with E-state index in [1.807, 2.05) is 6.92 Å². The third kappa shape index (κ3) is 4.25. The van der Waals surface area contributed by atoms with Crippen molar-refractivity contribution < 1.29 is 32.2 Å². The molecule has 2 N–H and O–H groups in total. The van der Waals surface area contributed by atoms with Gasteiger partial charge < -0.3 is 0 Å². The molecule has 2 atom stereocenters. The van der Waals surface area contributed by atoms with Gasteiger partial charge in [0.15, 0.2) is 0 Å². The Hall–Kier alpha value is -0.650. The van der Waals surface area contributed by atoms with E-state index in [4.69, 9.17) is 0 Å². The van der Waals surface area contributed by atoms with Gasteiger partial charge in [0.2, 0.25) is 0 Å². The fourth-order valence-electron chi connectivity index (χ4n) is 3.46. The summed E-state index contributed by atoms with van der Waals surface area (Å²) in [7, 11) is 0. The molecule has 2 heterocycles. The second-order valence-electron chi connectivity index (χ2n) is 7.05. The maximum absolute atomic E-state index is 10.9. The molecule has 0 bridgehead atoms. The van der Waals surface area contributed by atoms with E-state index in [-0.39, 0.29) is 0 Å². The van der Waals surface area contributed by atoms with Crippen LogP contribution in [0.4, 0.5) is 0 Å². The second-order valence-corrected chi connectivity index (χ2v) is 14.5. The Balaban J connectivity index is 2.49. The van der Waals surface area contributed by atoms with Gasteiger partial charge in [-0.2, -0.15) is 0 Å². The van der Waals surface area contributed by atoms with Gasteiger partial charge in [0.1, 0.15) is 0 Å². The van der Waals surface area contributed by atoms with Gasteiger partial charge in [-0.15, -0.1) is 0 Å². The Kier molecular flexibility index (Phi) is 5.75. The van der Waals surface area contributed by atoms with E-state index < -0.39 is 33.7 Å². The topological polar surface area (TPSA) is 50.3 Å². The molecule has 5 heteroatoms. The average molecular weight is 484 g/mol. The molecule has 0 fully saturated rings. The van der Waals surface area contributed by atoms with Crippen LogP contribution in [0.3, 0.4) is 0 Å². The molecule has 0 aliphatic carbocycles.